The Hall–Kier alpha value is -1.70. The highest BCUT2D eigenvalue weighted by Crippen LogP contribution is 2.33. The Balaban J connectivity index is 1.73. The monoisotopic (exact) mass is 451 g/mol. The second-order valence-corrected chi connectivity index (χ2v) is 7.51. The van der Waals surface area contributed by atoms with Gasteiger partial charge in [-0.05, 0) is 30.7 Å². The number of rotatable bonds is 2. The van der Waals surface area contributed by atoms with Crippen LogP contribution in [-0.2, 0) is 6.18 Å². The maximum atomic E-state index is 12.8. The predicted molar refractivity (Wildman–Crippen MR) is 103 cm³/mol. The average Bonchev–Trinajstić information content (AvgIpc) is 2.88. The minimum Gasteiger partial charge on any atom is -0.354 e. The molecule has 0 bridgehead atoms. The van der Waals surface area contributed by atoms with Crippen molar-refractivity contribution in [1.82, 2.24) is 9.88 Å². The maximum Gasteiger partial charge on any atom is 0.417 e. The van der Waals surface area contributed by atoms with E-state index >= 15 is 0 Å². The quantitative estimate of drug-likeness (QED) is 0.611. The van der Waals surface area contributed by atoms with E-state index in [9.17, 15) is 18.0 Å². The number of nitrogens with zero attached hydrogens (tertiary/aromatic N) is 3. The fourth-order valence-electron chi connectivity index (χ4n) is 2.96. The summed E-state index contributed by atoms with van der Waals surface area (Å²) < 4.78 is 38.4. The highest BCUT2D eigenvalue weighted by Gasteiger charge is 2.32. The first kappa shape index (κ1) is 21.0. The fourth-order valence-corrected chi connectivity index (χ4v) is 3.55. The van der Waals surface area contributed by atoms with Crippen LogP contribution in [0.25, 0.3) is 0 Å². The Morgan fingerprint density at radius 3 is 2.36 bits per heavy atom. The molecule has 0 radical (unpaired) electrons. The smallest absolute Gasteiger partial charge is 0.354 e. The molecule has 0 aliphatic carbocycles. The van der Waals surface area contributed by atoms with E-state index in [1.165, 1.54) is 6.07 Å². The van der Waals surface area contributed by atoms with Gasteiger partial charge in [-0.15, -0.1) is 0 Å². The van der Waals surface area contributed by atoms with Gasteiger partial charge in [-0.2, -0.15) is 13.2 Å². The van der Waals surface area contributed by atoms with E-state index < -0.39 is 11.7 Å². The van der Waals surface area contributed by atoms with Gasteiger partial charge in [0, 0.05) is 37.9 Å². The molecule has 1 aliphatic heterocycles. The second-order valence-electron chi connectivity index (χ2n) is 6.29. The van der Waals surface area contributed by atoms with Crippen LogP contribution in [-0.4, -0.2) is 42.0 Å². The molecule has 0 N–H and O–H groups in total. The van der Waals surface area contributed by atoms with Gasteiger partial charge in [0.2, 0.25) is 0 Å². The fraction of sp³-hybridized carbons (Fsp3) is 0.333. The SMILES string of the molecule is O=C(c1ccc(Cl)c(Cl)c1)N1CCCN(c2ncc(C(F)(F)F)cc2Cl)CC1. The van der Waals surface area contributed by atoms with Crippen LogP contribution in [0.15, 0.2) is 30.5 Å². The molecule has 1 fully saturated rings. The molecule has 150 valence electrons. The van der Waals surface area contributed by atoms with Crippen LogP contribution in [0.5, 0.6) is 0 Å². The average molecular weight is 453 g/mol. The molecule has 1 amide bonds. The lowest BCUT2D eigenvalue weighted by Crippen LogP contribution is -2.35. The van der Waals surface area contributed by atoms with Gasteiger partial charge in [-0.3, -0.25) is 4.79 Å². The van der Waals surface area contributed by atoms with Gasteiger partial charge in [0.15, 0.2) is 0 Å². The van der Waals surface area contributed by atoms with Crippen molar-refractivity contribution in [3.05, 3.63) is 56.7 Å². The molecule has 3 rings (SSSR count). The highest BCUT2D eigenvalue weighted by atomic mass is 35.5. The van der Waals surface area contributed by atoms with Crippen molar-refractivity contribution in [2.45, 2.75) is 12.6 Å². The summed E-state index contributed by atoms with van der Waals surface area (Å²) in [5, 5.41) is 0.590. The number of pyridine rings is 1. The predicted octanol–water partition coefficient (Wildman–Crippen LogP) is 5.41. The molecular formula is C18H15Cl3F3N3O. The second kappa shape index (κ2) is 8.35. The molecule has 1 aromatic heterocycles. The lowest BCUT2D eigenvalue weighted by molar-refractivity contribution is -0.137. The third kappa shape index (κ3) is 4.64. The number of benzene rings is 1. The number of alkyl halides is 3. The maximum absolute atomic E-state index is 12.8. The van der Waals surface area contributed by atoms with E-state index in [1.54, 1.807) is 21.9 Å². The number of amides is 1. The topological polar surface area (TPSA) is 36.4 Å². The van der Waals surface area contributed by atoms with Gasteiger partial charge in [0.05, 0.1) is 20.6 Å². The van der Waals surface area contributed by atoms with E-state index in [-0.39, 0.29) is 16.7 Å². The normalized spacial score (nSPS) is 15.5. The van der Waals surface area contributed by atoms with E-state index in [2.05, 4.69) is 4.98 Å². The van der Waals surface area contributed by atoms with Crippen molar-refractivity contribution in [1.29, 1.82) is 0 Å². The van der Waals surface area contributed by atoms with Crippen LogP contribution >= 0.6 is 34.8 Å². The first-order chi connectivity index (χ1) is 13.2. The highest BCUT2D eigenvalue weighted by molar-refractivity contribution is 6.42. The number of aromatic nitrogens is 1. The van der Waals surface area contributed by atoms with Gasteiger partial charge in [0.25, 0.3) is 5.91 Å². The van der Waals surface area contributed by atoms with Gasteiger partial charge in [0.1, 0.15) is 5.82 Å². The summed E-state index contributed by atoms with van der Waals surface area (Å²) in [7, 11) is 0. The van der Waals surface area contributed by atoms with Crippen molar-refractivity contribution in [2.75, 3.05) is 31.1 Å². The van der Waals surface area contributed by atoms with Crippen LogP contribution in [0.4, 0.5) is 19.0 Å². The van der Waals surface area contributed by atoms with E-state index in [4.69, 9.17) is 34.8 Å². The van der Waals surface area contributed by atoms with Gasteiger partial charge in [-0.1, -0.05) is 34.8 Å². The van der Waals surface area contributed by atoms with Crippen molar-refractivity contribution < 1.29 is 18.0 Å². The molecular weight excluding hydrogens is 438 g/mol. The molecule has 1 saturated heterocycles. The molecule has 1 aromatic carbocycles. The minimum absolute atomic E-state index is 0.0703. The zero-order valence-electron chi connectivity index (χ0n) is 14.4. The summed E-state index contributed by atoms with van der Waals surface area (Å²) in [6.45, 7) is 1.78. The largest absolute Gasteiger partial charge is 0.417 e. The zero-order chi connectivity index (χ0) is 20.5. The van der Waals surface area contributed by atoms with Crippen LogP contribution < -0.4 is 4.90 Å². The van der Waals surface area contributed by atoms with Crippen LogP contribution in [0.2, 0.25) is 15.1 Å². The van der Waals surface area contributed by atoms with Crippen molar-refractivity contribution in [3.63, 3.8) is 0 Å². The Bertz CT molecular complexity index is 892. The third-order valence-corrected chi connectivity index (χ3v) is 5.42. The molecule has 0 unspecified atom stereocenters. The molecule has 0 spiro atoms. The summed E-state index contributed by atoms with van der Waals surface area (Å²) >= 11 is 17.9. The van der Waals surface area contributed by atoms with Crippen molar-refractivity contribution in [3.8, 4) is 0 Å². The summed E-state index contributed by atoms with van der Waals surface area (Å²) in [6.07, 6.45) is -3.12. The van der Waals surface area contributed by atoms with Crippen molar-refractivity contribution >= 4 is 46.5 Å². The molecule has 4 nitrogen and oxygen atoms in total. The van der Waals surface area contributed by atoms with Crippen LogP contribution in [0, 0.1) is 0 Å². The number of anilines is 1. The van der Waals surface area contributed by atoms with Gasteiger partial charge >= 0.3 is 6.18 Å². The van der Waals surface area contributed by atoms with Crippen molar-refractivity contribution in [2.24, 2.45) is 0 Å². The Morgan fingerprint density at radius 1 is 0.964 bits per heavy atom. The lowest BCUT2D eigenvalue weighted by atomic mass is 10.2. The number of hydrogen-bond acceptors (Lipinski definition) is 3. The number of hydrogen-bond donors (Lipinski definition) is 0. The zero-order valence-corrected chi connectivity index (χ0v) is 16.7. The molecule has 2 heterocycles. The lowest BCUT2D eigenvalue weighted by Gasteiger charge is -2.24. The minimum atomic E-state index is -4.50. The Labute approximate surface area is 174 Å². The number of carbonyl (C=O) groups excluding carboxylic acids is 1. The molecule has 28 heavy (non-hydrogen) atoms. The van der Waals surface area contributed by atoms with E-state index in [0.717, 1.165) is 12.3 Å². The number of halogens is 6. The summed E-state index contributed by atoms with van der Waals surface area (Å²) in [5.74, 6) is 0.0883. The van der Waals surface area contributed by atoms with E-state index in [0.29, 0.717) is 48.2 Å². The summed E-state index contributed by atoms with van der Waals surface area (Å²) in [6, 6.07) is 5.55. The molecule has 10 heteroatoms. The Kier molecular flexibility index (Phi) is 6.27. The summed E-state index contributed by atoms with van der Waals surface area (Å²) in [5.41, 5.74) is -0.471. The van der Waals surface area contributed by atoms with Gasteiger partial charge in [-0.25, -0.2) is 4.98 Å². The third-order valence-electron chi connectivity index (χ3n) is 4.40. The molecule has 0 atom stereocenters. The Morgan fingerprint density at radius 2 is 1.71 bits per heavy atom. The standard InChI is InChI=1S/C18H15Cl3F3N3O/c19-13-3-2-11(8-14(13)20)17(28)27-5-1-4-26(6-7-27)16-15(21)9-12(10-25-16)18(22,23)24/h2-3,8-10H,1,4-7H2. The first-order valence-electron chi connectivity index (χ1n) is 8.39. The first-order valence-corrected chi connectivity index (χ1v) is 9.52. The van der Waals surface area contributed by atoms with Crippen LogP contribution in [0.3, 0.4) is 0 Å². The van der Waals surface area contributed by atoms with Gasteiger partial charge < -0.3 is 9.80 Å². The van der Waals surface area contributed by atoms with E-state index in [1.807, 2.05) is 0 Å². The molecule has 1 aliphatic rings. The molecule has 2 aromatic rings. The molecule has 0 saturated carbocycles. The summed E-state index contributed by atoms with van der Waals surface area (Å²) in [4.78, 5) is 20.1. The van der Waals surface area contributed by atoms with Crippen LogP contribution in [0.1, 0.15) is 22.3 Å². The number of carbonyl (C=O) groups is 1.